The van der Waals surface area contributed by atoms with Crippen molar-refractivity contribution in [1.82, 2.24) is 10.2 Å². The number of rotatable bonds is 5. The van der Waals surface area contributed by atoms with Crippen molar-refractivity contribution in [2.24, 2.45) is 0 Å². The molecule has 21 heavy (non-hydrogen) atoms. The summed E-state index contributed by atoms with van der Waals surface area (Å²) in [5.41, 5.74) is 0.621. The number of hydrogen-bond donors (Lipinski definition) is 1. The number of piperidine rings is 1. The van der Waals surface area contributed by atoms with E-state index < -0.39 is 4.92 Å². The fourth-order valence-electron chi connectivity index (χ4n) is 2.38. The molecule has 0 atom stereocenters. The standard InChI is InChI=1S/C14H18ClN3O3/c15-12-5-4-11(8-13(12)18(20)21)9-16-10-14(19)17-6-2-1-3-7-17/h4-5,8,16H,1-3,6-7,9-10H2. The zero-order chi connectivity index (χ0) is 15.2. The summed E-state index contributed by atoms with van der Waals surface area (Å²) in [5, 5.41) is 13.9. The van der Waals surface area contributed by atoms with Gasteiger partial charge in [0, 0.05) is 25.7 Å². The van der Waals surface area contributed by atoms with Gasteiger partial charge in [-0.3, -0.25) is 14.9 Å². The van der Waals surface area contributed by atoms with Crippen LogP contribution in [0.1, 0.15) is 24.8 Å². The molecular formula is C14H18ClN3O3. The highest BCUT2D eigenvalue weighted by Gasteiger charge is 2.16. The lowest BCUT2D eigenvalue weighted by molar-refractivity contribution is -0.384. The summed E-state index contributed by atoms with van der Waals surface area (Å²) < 4.78 is 0. The van der Waals surface area contributed by atoms with Crippen LogP contribution in [0.2, 0.25) is 5.02 Å². The van der Waals surface area contributed by atoms with Crippen LogP contribution in [0.25, 0.3) is 0 Å². The fourth-order valence-corrected chi connectivity index (χ4v) is 2.56. The van der Waals surface area contributed by atoms with Crippen LogP contribution < -0.4 is 5.32 Å². The Hall–Kier alpha value is -1.66. The normalized spacial score (nSPS) is 15.0. The van der Waals surface area contributed by atoms with Crippen LogP contribution in [0.15, 0.2) is 18.2 Å². The van der Waals surface area contributed by atoms with Gasteiger partial charge in [0.1, 0.15) is 5.02 Å². The topological polar surface area (TPSA) is 75.5 Å². The van der Waals surface area contributed by atoms with Crippen LogP contribution >= 0.6 is 11.6 Å². The molecule has 0 spiro atoms. The zero-order valence-corrected chi connectivity index (χ0v) is 12.4. The molecular weight excluding hydrogens is 294 g/mol. The first-order valence-corrected chi connectivity index (χ1v) is 7.37. The summed E-state index contributed by atoms with van der Waals surface area (Å²) in [4.78, 5) is 24.1. The number of nitro benzene ring substituents is 1. The minimum atomic E-state index is -0.509. The first-order valence-electron chi connectivity index (χ1n) is 6.99. The van der Waals surface area contributed by atoms with E-state index in [-0.39, 0.29) is 23.2 Å². The Bertz CT molecular complexity index is 530. The quantitative estimate of drug-likeness (QED) is 0.669. The van der Waals surface area contributed by atoms with Crippen LogP contribution in [0, 0.1) is 10.1 Å². The molecule has 1 aliphatic rings. The van der Waals surface area contributed by atoms with Crippen molar-refractivity contribution < 1.29 is 9.72 Å². The summed E-state index contributed by atoms with van der Waals surface area (Å²) in [6, 6.07) is 4.65. The summed E-state index contributed by atoms with van der Waals surface area (Å²) in [5.74, 6) is 0.0816. The molecule has 2 rings (SSSR count). The van der Waals surface area contributed by atoms with Crippen LogP contribution in [0.4, 0.5) is 5.69 Å². The Balaban J connectivity index is 1.84. The lowest BCUT2D eigenvalue weighted by Gasteiger charge is -2.26. The first kappa shape index (κ1) is 15.7. The molecule has 0 aliphatic carbocycles. The van der Waals surface area contributed by atoms with Gasteiger partial charge in [-0.1, -0.05) is 17.7 Å². The van der Waals surface area contributed by atoms with Crippen LogP contribution in [-0.2, 0) is 11.3 Å². The largest absolute Gasteiger partial charge is 0.342 e. The van der Waals surface area contributed by atoms with Gasteiger partial charge in [0.2, 0.25) is 5.91 Å². The Labute approximate surface area is 128 Å². The minimum absolute atomic E-state index is 0.0816. The van der Waals surface area contributed by atoms with Crippen molar-refractivity contribution in [3.05, 3.63) is 38.9 Å². The Morgan fingerprint density at radius 2 is 2.05 bits per heavy atom. The van der Waals surface area contributed by atoms with Gasteiger partial charge in [0.15, 0.2) is 0 Å². The average Bonchev–Trinajstić information content (AvgIpc) is 2.49. The first-order chi connectivity index (χ1) is 10.1. The molecule has 7 heteroatoms. The number of carbonyl (C=O) groups excluding carboxylic acids is 1. The number of benzene rings is 1. The van der Waals surface area contributed by atoms with E-state index in [4.69, 9.17) is 11.6 Å². The Morgan fingerprint density at radius 3 is 2.71 bits per heavy atom. The number of nitro groups is 1. The second-order valence-electron chi connectivity index (χ2n) is 5.09. The second-order valence-corrected chi connectivity index (χ2v) is 5.50. The van der Waals surface area contributed by atoms with E-state index in [9.17, 15) is 14.9 Å². The number of amides is 1. The fraction of sp³-hybridized carbons (Fsp3) is 0.500. The highest BCUT2D eigenvalue weighted by molar-refractivity contribution is 6.32. The third-order valence-corrected chi connectivity index (χ3v) is 3.84. The van der Waals surface area contributed by atoms with E-state index in [2.05, 4.69) is 5.32 Å². The molecule has 6 nitrogen and oxygen atoms in total. The Morgan fingerprint density at radius 1 is 1.33 bits per heavy atom. The number of likely N-dealkylation sites (tertiary alicyclic amines) is 1. The maximum atomic E-state index is 12.0. The predicted octanol–water partition coefficient (Wildman–Crippen LogP) is 2.35. The lowest BCUT2D eigenvalue weighted by Crippen LogP contribution is -2.40. The smallest absolute Gasteiger partial charge is 0.288 e. The Kier molecular flexibility index (Phi) is 5.52. The third-order valence-electron chi connectivity index (χ3n) is 3.52. The van der Waals surface area contributed by atoms with Gasteiger partial charge in [0.05, 0.1) is 11.5 Å². The number of hydrogen-bond acceptors (Lipinski definition) is 4. The van der Waals surface area contributed by atoms with Gasteiger partial charge in [0.25, 0.3) is 5.69 Å². The molecule has 0 unspecified atom stereocenters. The highest BCUT2D eigenvalue weighted by Crippen LogP contribution is 2.24. The molecule has 114 valence electrons. The van der Waals surface area contributed by atoms with Gasteiger partial charge in [-0.25, -0.2) is 0 Å². The molecule has 1 heterocycles. The summed E-state index contributed by atoms with van der Waals surface area (Å²) in [6.45, 7) is 2.30. The molecule has 0 aromatic heterocycles. The number of carbonyl (C=O) groups is 1. The van der Waals surface area contributed by atoms with Crippen molar-refractivity contribution >= 4 is 23.2 Å². The molecule has 1 aromatic rings. The minimum Gasteiger partial charge on any atom is -0.342 e. The molecule has 0 radical (unpaired) electrons. The average molecular weight is 312 g/mol. The van der Waals surface area contributed by atoms with E-state index in [1.807, 2.05) is 4.90 Å². The molecule has 1 aliphatic heterocycles. The van der Waals surface area contributed by atoms with Crippen molar-refractivity contribution in [1.29, 1.82) is 0 Å². The highest BCUT2D eigenvalue weighted by atomic mass is 35.5. The number of nitrogens with one attached hydrogen (secondary N) is 1. The van der Waals surface area contributed by atoms with E-state index in [1.54, 1.807) is 6.07 Å². The third kappa shape index (κ3) is 4.41. The van der Waals surface area contributed by atoms with Crippen LogP contribution in [0.5, 0.6) is 0 Å². The van der Waals surface area contributed by atoms with Crippen LogP contribution in [0.3, 0.4) is 0 Å². The molecule has 1 fully saturated rings. The zero-order valence-electron chi connectivity index (χ0n) is 11.7. The lowest BCUT2D eigenvalue weighted by atomic mass is 10.1. The molecule has 0 bridgehead atoms. The van der Waals surface area contributed by atoms with Crippen LogP contribution in [-0.4, -0.2) is 35.4 Å². The van der Waals surface area contributed by atoms with Gasteiger partial charge < -0.3 is 10.2 Å². The van der Waals surface area contributed by atoms with E-state index >= 15 is 0 Å². The van der Waals surface area contributed by atoms with E-state index in [0.29, 0.717) is 6.54 Å². The second kappa shape index (κ2) is 7.38. The number of nitrogens with zero attached hydrogens (tertiary/aromatic N) is 2. The molecule has 1 amide bonds. The molecule has 1 saturated heterocycles. The van der Waals surface area contributed by atoms with Crippen molar-refractivity contribution in [2.75, 3.05) is 19.6 Å². The molecule has 1 N–H and O–H groups in total. The van der Waals surface area contributed by atoms with Gasteiger partial charge in [-0.05, 0) is 30.9 Å². The van der Waals surface area contributed by atoms with Crippen molar-refractivity contribution in [3.8, 4) is 0 Å². The van der Waals surface area contributed by atoms with Crippen molar-refractivity contribution in [3.63, 3.8) is 0 Å². The maximum absolute atomic E-state index is 12.0. The van der Waals surface area contributed by atoms with E-state index in [1.165, 1.54) is 18.6 Å². The predicted molar refractivity (Wildman–Crippen MR) is 80.2 cm³/mol. The SMILES string of the molecule is O=C(CNCc1ccc(Cl)c([N+](=O)[O-])c1)N1CCCCC1. The maximum Gasteiger partial charge on any atom is 0.288 e. The van der Waals surface area contributed by atoms with Gasteiger partial charge >= 0.3 is 0 Å². The number of halogens is 1. The summed E-state index contributed by atoms with van der Waals surface area (Å²) >= 11 is 5.75. The van der Waals surface area contributed by atoms with Crippen molar-refractivity contribution in [2.45, 2.75) is 25.8 Å². The molecule has 1 aromatic carbocycles. The molecule has 0 saturated carbocycles. The van der Waals surface area contributed by atoms with Gasteiger partial charge in [-0.2, -0.15) is 0 Å². The summed E-state index contributed by atoms with van der Waals surface area (Å²) in [7, 11) is 0. The monoisotopic (exact) mass is 311 g/mol. The van der Waals surface area contributed by atoms with Gasteiger partial charge in [-0.15, -0.1) is 0 Å². The van der Waals surface area contributed by atoms with E-state index in [0.717, 1.165) is 31.5 Å². The summed E-state index contributed by atoms with van der Waals surface area (Å²) in [6.07, 6.45) is 3.32.